The minimum Gasteiger partial charge on any atom is -0.358 e. The zero-order valence-electron chi connectivity index (χ0n) is 6.88. The van der Waals surface area contributed by atoms with Gasteiger partial charge in [-0.3, -0.25) is 0 Å². The van der Waals surface area contributed by atoms with E-state index >= 15 is 0 Å². The van der Waals surface area contributed by atoms with Crippen LogP contribution in [0.1, 0.15) is 11.6 Å². The van der Waals surface area contributed by atoms with Crippen molar-refractivity contribution in [2.45, 2.75) is 6.04 Å². The lowest BCUT2D eigenvalue weighted by molar-refractivity contribution is -0.389. The minimum atomic E-state index is -0.558. The summed E-state index contributed by atoms with van der Waals surface area (Å²) in [5.41, 5.74) is 11.6. The van der Waals surface area contributed by atoms with Gasteiger partial charge in [-0.05, 0) is 16.0 Å². The van der Waals surface area contributed by atoms with Gasteiger partial charge in [0.25, 0.3) is 0 Å². The normalized spacial score (nSPS) is 12.5. The van der Waals surface area contributed by atoms with Crippen molar-refractivity contribution < 1.29 is 4.92 Å². The third-order valence-corrected chi connectivity index (χ3v) is 1.64. The Morgan fingerprint density at radius 1 is 1.62 bits per heavy atom. The highest BCUT2D eigenvalue weighted by Gasteiger charge is 2.09. The summed E-state index contributed by atoms with van der Waals surface area (Å²) in [6.45, 7) is 0.291. The SMILES string of the molecule is NC[C@H](N)c1ccc([N+](=O)[O-])nc1. The summed E-state index contributed by atoms with van der Waals surface area (Å²) in [7, 11) is 0. The number of nitrogens with zero attached hydrogens (tertiary/aromatic N) is 2. The summed E-state index contributed by atoms with van der Waals surface area (Å²) in [5, 5.41) is 10.2. The Balaban J connectivity index is 2.87. The molecule has 0 aromatic carbocycles. The molecule has 0 unspecified atom stereocenters. The highest BCUT2D eigenvalue weighted by molar-refractivity contribution is 5.24. The molecule has 0 saturated heterocycles. The number of rotatable bonds is 3. The molecule has 0 aliphatic heterocycles. The second-order valence-electron chi connectivity index (χ2n) is 2.55. The molecule has 1 heterocycles. The monoisotopic (exact) mass is 182 g/mol. The van der Waals surface area contributed by atoms with Gasteiger partial charge >= 0.3 is 5.82 Å². The molecule has 0 aliphatic rings. The smallest absolute Gasteiger partial charge is 0.358 e. The first-order valence-corrected chi connectivity index (χ1v) is 3.71. The molecular formula is C7H10N4O2. The van der Waals surface area contributed by atoms with Gasteiger partial charge in [0, 0.05) is 24.2 Å². The largest absolute Gasteiger partial charge is 0.363 e. The van der Waals surface area contributed by atoms with Crippen LogP contribution in [0.4, 0.5) is 5.82 Å². The van der Waals surface area contributed by atoms with Crippen molar-refractivity contribution in [3.05, 3.63) is 34.0 Å². The number of aromatic nitrogens is 1. The van der Waals surface area contributed by atoms with E-state index < -0.39 is 4.92 Å². The number of nitrogens with two attached hydrogens (primary N) is 2. The first-order chi connectivity index (χ1) is 6.15. The van der Waals surface area contributed by atoms with Crippen LogP contribution in [0.15, 0.2) is 18.3 Å². The molecule has 70 valence electrons. The fourth-order valence-corrected chi connectivity index (χ4v) is 0.861. The Labute approximate surface area is 74.7 Å². The summed E-state index contributed by atoms with van der Waals surface area (Å²) >= 11 is 0. The Morgan fingerprint density at radius 3 is 2.69 bits per heavy atom. The maximum absolute atomic E-state index is 10.2. The van der Waals surface area contributed by atoms with E-state index in [1.54, 1.807) is 6.07 Å². The van der Waals surface area contributed by atoms with Crippen molar-refractivity contribution in [3.63, 3.8) is 0 Å². The third kappa shape index (κ3) is 2.20. The Morgan fingerprint density at radius 2 is 2.31 bits per heavy atom. The first-order valence-electron chi connectivity index (χ1n) is 3.71. The molecule has 0 amide bonds. The van der Waals surface area contributed by atoms with Crippen LogP contribution in [0.3, 0.4) is 0 Å². The van der Waals surface area contributed by atoms with Gasteiger partial charge in [-0.1, -0.05) is 0 Å². The fraction of sp³-hybridized carbons (Fsp3) is 0.286. The predicted molar refractivity (Wildman–Crippen MR) is 46.9 cm³/mol. The minimum absolute atomic E-state index is 0.187. The summed E-state index contributed by atoms with van der Waals surface area (Å²) < 4.78 is 0. The van der Waals surface area contributed by atoms with Crippen LogP contribution in [0.2, 0.25) is 0 Å². The lowest BCUT2D eigenvalue weighted by Gasteiger charge is -2.05. The zero-order valence-corrected chi connectivity index (χ0v) is 6.88. The summed E-state index contributed by atoms with van der Waals surface area (Å²) in [6, 6.07) is 2.56. The Kier molecular flexibility index (Phi) is 2.88. The predicted octanol–water partition coefficient (Wildman–Crippen LogP) is -0.0517. The van der Waals surface area contributed by atoms with Gasteiger partial charge in [0.05, 0.1) is 0 Å². The summed E-state index contributed by atoms with van der Waals surface area (Å²) in [6.07, 6.45) is 1.37. The van der Waals surface area contributed by atoms with Gasteiger partial charge in [-0.15, -0.1) is 0 Å². The highest BCUT2D eigenvalue weighted by Crippen LogP contribution is 2.11. The van der Waals surface area contributed by atoms with Crippen molar-refractivity contribution in [2.75, 3.05) is 6.54 Å². The van der Waals surface area contributed by atoms with Crippen molar-refractivity contribution >= 4 is 5.82 Å². The van der Waals surface area contributed by atoms with Gasteiger partial charge in [0.2, 0.25) is 0 Å². The van der Waals surface area contributed by atoms with Crippen LogP contribution in [-0.2, 0) is 0 Å². The lowest BCUT2D eigenvalue weighted by Crippen LogP contribution is -2.20. The molecule has 0 saturated carbocycles. The number of hydrogen-bond acceptors (Lipinski definition) is 5. The lowest BCUT2D eigenvalue weighted by atomic mass is 10.1. The van der Waals surface area contributed by atoms with E-state index in [-0.39, 0.29) is 11.9 Å². The molecular weight excluding hydrogens is 172 g/mol. The molecule has 6 heteroatoms. The van der Waals surface area contributed by atoms with E-state index in [4.69, 9.17) is 11.5 Å². The van der Waals surface area contributed by atoms with Crippen LogP contribution in [0, 0.1) is 10.1 Å². The summed E-state index contributed by atoms with van der Waals surface area (Å²) in [5.74, 6) is -0.187. The molecule has 6 nitrogen and oxygen atoms in total. The van der Waals surface area contributed by atoms with E-state index in [9.17, 15) is 10.1 Å². The van der Waals surface area contributed by atoms with Crippen molar-refractivity contribution in [3.8, 4) is 0 Å². The molecule has 0 spiro atoms. The molecule has 0 aliphatic carbocycles. The zero-order chi connectivity index (χ0) is 9.84. The third-order valence-electron chi connectivity index (χ3n) is 1.64. The van der Waals surface area contributed by atoms with Crippen LogP contribution < -0.4 is 11.5 Å². The topological polar surface area (TPSA) is 108 Å². The maximum atomic E-state index is 10.2. The molecule has 0 bridgehead atoms. The van der Waals surface area contributed by atoms with E-state index in [1.807, 2.05) is 0 Å². The van der Waals surface area contributed by atoms with Gasteiger partial charge < -0.3 is 21.6 Å². The first kappa shape index (κ1) is 9.56. The molecule has 4 N–H and O–H groups in total. The Bertz CT molecular complexity index is 298. The maximum Gasteiger partial charge on any atom is 0.363 e. The van der Waals surface area contributed by atoms with Crippen molar-refractivity contribution in [1.82, 2.24) is 4.98 Å². The molecule has 1 aromatic rings. The molecule has 0 radical (unpaired) electrons. The number of hydrogen-bond donors (Lipinski definition) is 2. The number of nitro groups is 1. The molecule has 1 rings (SSSR count). The van der Waals surface area contributed by atoms with Crippen LogP contribution in [0.5, 0.6) is 0 Å². The van der Waals surface area contributed by atoms with E-state index in [0.717, 1.165) is 0 Å². The molecule has 13 heavy (non-hydrogen) atoms. The second-order valence-corrected chi connectivity index (χ2v) is 2.55. The average Bonchev–Trinajstić information content (AvgIpc) is 2.17. The molecule has 1 aromatic heterocycles. The van der Waals surface area contributed by atoms with E-state index in [2.05, 4.69) is 4.98 Å². The van der Waals surface area contributed by atoms with Crippen molar-refractivity contribution in [1.29, 1.82) is 0 Å². The van der Waals surface area contributed by atoms with Crippen molar-refractivity contribution in [2.24, 2.45) is 11.5 Å². The van der Waals surface area contributed by atoms with Crippen LogP contribution in [-0.4, -0.2) is 16.5 Å². The summed E-state index contributed by atoms with van der Waals surface area (Å²) in [4.78, 5) is 13.3. The van der Waals surface area contributed by atoms with E-state index in [0.29, 0.717) is 12.1 Å². The van der Waals surface area contributed by atoms with Gasteiger partial charge in [-0.25, -0.2) is 0 Å². The van der Waals surface area contributed by atoms with Gasteiger partial charge in [0.1, 0.15) is 6.20 Å². The highest BCUT2D eigenvalue weighted by atomic mass is 16.6. The van der Waals surface area contributed by atoms with Crippen LogP contribution in [0.25, 0.3) is 0 Å². The molecule has 1 atom stereocenters. The quantitative estimate of drug-likeness (QED) is 0.503. The Hall–Kier alpha value is -1.53. The van der Waals surface area contributed by atoms with Crippen LogP contribution >= 0.6 is 0 Å². The molecule has 0 fully saturated rings. The number of pyridine rings is 1. The fourth-order valence-electron chi connectivity index (χ4n) is 0.861. The van der Waals surface area contributed by atoms with Gasteiger partial charge in [-0.2, -0.15) is 0 Å². The van der Waals surface area contributed by atoms with E-state index in [1.165, 1.54) is 12.3 Å². The average molecular weight is 182 g/mol. The second kappa shape index (κ2) is 3.92. The standard InChI is InChI=1S/C7H10N4O2/c8-3-6(9)5-1-2-7(10-4-5)11(12)13/h1-2,4,6H,3,8-9H2/t6-/m0/s1. The van der Waals surface area contributed by atoms with Gasteiger partial charge in [0.15, 0.2) is 0 Å².